The number of ether oxygens (including phenoxy) is 10. The van der Waals surface area contributed by atoms with E-state index in [2.05, 4.69) is 16.7 Å². The minimum atomic E-state index is -0.454. The standard InChI is InChI=1S/C54H72N6O14/c1-7-36-22-40-30-55-45-28-49(47(66-4)26-43(45)53(63)59(40)32-36)73-34-38-24-42(72-15-13-58(12-9-10-52(62)68-6)51(61)11-14-69-18-19-71-21-20-70-17-16-65-3)25-39(57-38)35-74-50-29-46-44(27-48(50)67-5)54(64)60-33-37(8-2)23-41(60)31-56-46/h7-8,24-30,39-41,56-57H,9-23,31-35H2,1-6H3/b36-7+,37-8+/t39?,40-,41-/m0/s1. The predicted octanol–water partition coefficient (Wildman–Crippen LogP) is 5.25. The van der Waals surface area contributed by atoms with Crippen LogP contribution in [0.25, 0.3) is 0 Å². The first-order chi connectivity index (χ1) is 36.0. The quantitative estimate of drug-likeness (QED) is 0.0634. The van der Waals surface area contributed by atoms with E-state index in [0.717, 1.165) is 12.8 Å². The topological polar surface area (TPSA) is 207 Å². The van der Waals surface area contributed by atoms with Crippen LogP contribution in [0.5, 0.6) is 23.0 Å². The Hall–Kier alpha value is -6.61. The van der Waals surface area contributed by atoms with Crippen LogP contribution in [0.3, 0.4) is 0 Å². The average molecular weight is 1030 g/mol. The molecule has 20 nitrogen and oxygen atoms in total. The number of amides is 3. The van der Waals surface area contributed by atoms with Gasteiger partial charge in [0.25, 0.3) is 11.8 Å². The van der Waals surface area contributed by atoms with Crippen molar-refractivity contribution in [1.82, 2.24) is 20.0 Å². The Balaban J connectivity index is 1.04. The van der Waals surface area contributed by atoms with E-state index >= 15 is 0 Å². The lowest BCUT2D eigenvalue weighted by molar-refractivity contribution is -0.141. The lowest BCUT2D eigenvalue weighted by atomic mass is 10.1. The van der Waals surface area contributed by atoms with E-state index in [9.17, 15) is 19.2 Å². The molecule has 5 aliphatic rings. The second kappa shape index (κ2) is 27.6. The summed E-state index contributed by atoms with van der Waals surface area (Å²) in [5.74, 6) is 1.42. The van der Waals surface area contributed by atoms with Crippen molar-refractivity contribution in [2.24, 2.45) is 4.99 Å². The van der Waals surface area contributed by atoms with Crippen molar-refractivity contribution in [2.45, 2.75) is 64.1 Å². The maximum atomic E-state index is 13.8. The fraction of sp³-hybridized carbons (Fsp3) is 0.537. The van der Waals surface area contributed by atoms with Crippen molar-refractivity contribution in [3.8, 4) is 23.0 Å². The van der Waals surface area contributed by atoms with Gasteiger partial charge in [0.15, 0.2) is 23.0 Å². The lowest BCUT2D eigenvalue weighted by Gasteiger charge is -2.27. The third-order valence-corrected chi connectivity index (χ3v) is 13.4. The van der Waals surface area contributed by atoms with Gasteiger partial charge in [0, 0.05) is 64.1 Å². The number of methoxy groups -OCH3 is 4. The molecule has 0 aromatic heterocycles. The minimum Gasteiger partial charge on any atom is -0.493 e. The van der Waals surface area contributed by atoms with Crippen LogP contribution < -0.4 is 29.6 Å². The first kappa shape index (κ1) is 55.1. The van der Waals surface area contributed by atoms with E-state index < -0.39 is 6.04 Å². The first-order valence-corrected chi connectivity index (χ1v) is 25.3. The summed E-state index contributed by atoms with van der Waals surface area (Å²) in [7, 11) is 6.02. The number of hydrogen-bond donors (Lipinski definition) is 2. The molecule has 5 aliphatic heterocycles. The van der Waals surface area contributed by atoms with Gasteiger partial charge in [-0.1, -0.05) is 23.3 Å². The molecule has 0 aliphatic carbocycles. The molecular weight excluding hydrogens is 957 g/mol. The number of allylic oxidation sites excluding steroid dienone is 3. The molecule has 7 rings (SSSR count). The van der Waals surface area contributed by atoms with Crippen LogP contribution in [0.4, 0.5) is 11.4 Å². The molecule has 2 N–H and O–H groups in total. The number of esters is 1. The molecular formula is C54H72N6O14. The molecule has 5 heterocycles. The molecule has 0 saturated carbocycles. The highest BCUT2D eigenvalue weighted by Gasteiger charge is 2.37. The van der Waals surface area contributed by atoms with Crippen LogP contribution >= 0.6 is 0 Å². The third-order valence-electron chi connectivity index (χ3n) is 13.4. The summed E-state index contributed by atoms with van der Waals surface area (Å²) in [6.45, 7) is 9.29. The predicted molar refractivity (Wildman–Crippen MR) is 276 cm³/mol. The smallest absolute Gasteiger partial charge is 0.305 e. The van der Waals surface area contributed by atoms with Crippen molar-refractivity contribution in [3.63, 3.8) is 0 Å². The molecule has 74 heavy (non-hydrogen) atoms. The van der Waals surface area contributed by atoms with E-state index in [-0.39, 0.29) is 81.6 Å². The first-order valence-electron chi connectivity index (χ1n) is 25.3. The van der Waals surface area contributed by atoms with Crippen molar-refractivity contribution in [1.29, 1.82) is 0 Å². The highest BCUT2D eigenvalue weighted by atomic mass is 16.6. The second-order valence-electron chi connectivity index (χ2n) is 18.2. The molecule has 20 heteroatoms. The van der Waals surface area contributed by atoms with Crippen LogP contribution in [0, 0.1) is 0 Å². The van der Waals surface area contributed by atoms with Gasteiger partial charge in [0.05, 0.1) is 127 Å². The van der Waals surface area contributed by atoms with Gasteiger partial charge >= 0.3 is 5.97 Å². The van der Waals surface area contributed by atoms with Gasteiger partial charge in [0.2, 0.25) is 5.91 Å². The molecule has 2 aromatic rings. The van der Waals surface area contributed by atoms with Crippen molar-refractivity contribution in [3.05, 3.63) is 82.3 Å². The largest absolute Gasteiger partial charge is 0.493 e. The van der Waals surface area contributed by atoms with Gasteiger partial charge in [-0.3, -0.25) is 24.2 Å². The SMILES string of the molecule is C/C=C1\C[C@H]2CNc3cc(OCC4C=C(OCCN(CCCC(=O)OC)C(=O)CCOCCOCCOCCOC)C=C(COc5cc6c(cc5OC)C(=O)N5C/C(=C/C)C[C@H]5C=N6)N4)c(OC)cc3C(=O)N2C1. The molecule has 3 atom stereocenters. The van der Waals surface area contributed by atoms with Gasteiger partial charge in [0.1, 0.15) is 25.6 Å². The van der Waals surface area contributed by atoms with E-state index in [1.807, 2.05) is 54.2 Å². The number of aliphatic imine (C=N–C) groups is 1. The summed E-state index contributed by atoms with van der Waals surface area (Å²) in [5, 5.41) is 6.98. The van der Waals surface area contributed by atoms with Crippen molar-refractivity contribution < 1.29 is 66.5 Å². The molecule has 2 aromatic carbocycles. The number of benzene rings is 2. The highest BCUT2D eigenvalue weighted by Crippen LogP contribution is 2.40. The number of dihydropyridines is 1. The number of fused-ring (bicyclic) bond motifs is 4. The van der Waals surface area contributed by atoms with E-state index in [1.54, 1.807) is 37.3 Å². The Bertz CT molecular complexity index is 2450. The number of carbonyl (C=O) groups excluding carboxylic acids is 4. The maximum absolute atomic E-state index is 13.8. The molecule has 0 spiro atoms. The van der Waals surface area contributed by atoms with Gasteiger partial charge in [-0.15, -0.1) is 0 Å². The lowest BCUT2D eigenvalue weighted by Crippen LogP contribution is -2.38. The van der Waals surface area contributed by atoms with Crippen molar-refractivity contribution >= 4 is 41.3 Å². The zero-order chi connectivity index (χ0) is 52.4. The van der Waals surface area contributed by atoms with Gasteiger partial charge in [-0.05, 0) is 51.3 Å². The normalized spacial score (nSPS) is 19.8. The van der Waals surface area contributed by atoms with Gasteiger partial charge in [-0.25, -0.2) is 0 Å². The summed E-state index contributed by atoms with van der Waals surface area (Å²) in [4.78, 5) is 63.3. The monoisotopic (exact) mass is 1030 g/mol. The van der Waals surface area contributed by atoms with Crippen LogP contribution in [0.15, 0.2) is 76.2 Å². The Morgan fingerprint density at radius 2 is 1.42 bits per heavy atom. The minimum absolute atomic E-state index is 0.0373. The van der Waals surface area contributed by atoms with Crippen LogP contribution in [-0.2, 0) is 38.0 Å². The molecule has 402 valence electrons. The van der Waals surface area contributed by atoms with Crippen LogP contribution in [0.1, 0.15) is 66.7 Å². The summed E-state index contributed by atoms with van der Waals surface area (Å²) < 4.78 is 57.3. The average Bonchev–Trinajstić information content (AvgIpc) is 3.99. The summed E-state index contributed by atoms with van der Waals surface area (Å²) in [5.41, 5.74) is 5.15. The Morgan fingerprint density at radius 3 is 2.14 bits per heavy atom. The Kier molecular flexibility index (Phi) is 20.6. The number of carbonyl (C=O) groups is 4. The second-order valence-corrected chi connectivity index (χ2v) is 18.2. The molecule has 1 unspecified atom stereocenters. The molecule has 2 saturated heterocycles. The zero-order valence-electron chi connectivity index (χ0n) is 43.6. The Morgan fingerprint density at radius 1 is 0.743 bits per heavy atom. The summed E-state index contributed by atoms with van der Waals surface area (Å²) in [6, 6.07) is 6.39. The fourth-order valence-electron chi connectivity index (χ4n) is 9.25. The maximum Gasteiger partial charge on any atom is 0.305 e. The number of nitrogens with one attached hydrogen (secondary N) is 2. The number of rotatable bonds is 28. The molecule has 0 bridgehead atoms. The van der Waals surface area contributed by atoms with E-state index in [0.29, 0.717) is 129 Å². The number of nitrogens with zero attached hydrogens (tertiary/aromatic N) is 4. The van der Waals surface area contributed by atoms with Gasteiger partial charge in [-0.2, -0.15) is 0 Å². The van der Waals surface area contributed by atoms with E-state index in [4.69, 9.17) is 52.4 Å². The fourth-order valence-corrected chi connectivity index (χ4v) is 9.25. The third kappa shape index (κ3) is 14.6. The Labute approximate surface area is 433 Å². The number of anilines is 1. The summed E-state index contributed by atoms with van der Waals surface area (Å²) in [6.07, 6.45) is 11.9. The van der Waals surface area contributed by atoms with Crippen LogP contribution in [0.2, 0.25) is 0 Å². The van der Waals surface area contributed by atoms with Crippen LogP contribution in [-0.4, -0.2) is 190 Å². The van der Waals surface area contributed by atoms with Gasteiger partial charge < -0.3 is 72.7 Å². The molecule has 3 amide bonds. The molecule has 0 radical (unpaired) electrons. The number of hydrogen-bond acceptors (Lipinski definition) is 17. The van der Waals surface area contributed by atoms with Crippen molar-refractivity contribution in [2.75, 3.05) is 133 Å². The van der Waals surface area contributed by atoms with E-state index in [1.165, 1.54) is 25.4 Å². The highest BCUT2D eigenvalue weighted by molar-refractivity contribution is 6.04. The molecule has 2 fully saturated rings. The summed E-state index contributed by atoms with van der Waals surface area (Å²) >= 11 is 0. The zero-order valence-corrected chi connectivity index (χ0v) is 43.6.